The van der Waals surface area contributed by atoms with Crippen molar-refractivity contribution in [1.29, 1.82) is 0 Å². The highest BCUT2D eigenvalue weighted by atomic mass is 19.1. The van der Waals surface area contributed by atoms with Crippen LogP contribution in [0.25, 0.3) is 0 Å². The summed E-state index contributed by atoms with van der Waals surface area (Å²) in [6, 6.07) is 5.47. The maximum atomic E-state index is 14.3. The highest BCUT2D eigenvalue weighted by Crippen LogP contribution is 2.25. The van der Waals surface area contributed by atoms with E-state index in [-0.39, 0.29) is 17.4 Å². The van der Waals surface area contributed by atoms with Crippen LogP contribution in [0.1, 0.15) is 26.3 Å². The molecule has 4 heteroatoms. The Morgan fingerprint density at radius 1 is 1.35 bits per heavy atom. The average Bonchev–Trinajstić information content (AvgIpc) is 2.40. The Kier molecular flexibility index (Phi) is 5.96. The van der Waals surface area contributed by atoms with E-state index < -0.39 is 0 Å². The zero-order valence-corrected chi connectivity index (χ0v) is 13.5. The van der Waals surface area contributed by atoms with Gasteiger partial charge in [-0.25, -0.2) is 4.39 Å². The Morgan fingerprint density at radius 3 is 2.50 bits per heavy atom. The van der Waals surface area contributed by atoms with Gasteiger partial charge in [0.15, 0.2) is 11.6 Å². The predicted octanol–water partition coefficient (Wildman–Crippen LogP) is 2.70. The molecule has 20 heavy (non-hydrogen) atoms. The Bertz CT molecular complexity index is 432. The molecule has 0 aliphatic heterocycles. The average molecular weight is 282 g/mol. The summed E-state index contributed by atoms with van der Waals surface area (Å²) in [5.41, 5.74) is 0.608. The number of hydrogen-bond acceptors (Lipinski definition) is 3. The quantitative estimate of drug-likeness (QED) is 0.832. The molecular weight excluding hydrogens is 255 g/mol. The molecular formula is C16H27FN2O. The van der Waals surface area contributed by atoms with Crippen molar-refractivity contribution in [2.24, 2.45) is 0 Å². The summed E-state index contributed by atoms with van der Waals surface area (Å²) < 4.78 is 19.4. The summed E-state index contributed by atoms with van der Waals surface area (Å²) in [6.45, 7) is 7.25. The normalized spacial score (nSPS) is 13.6. The van der Waals surface area contributed by atoms with Gasteiger partial charge in [0, 0.05) is 11.6 Å². The van der Waals surface area contributed by atoms with Gasteiger partial charge >= 0.3 is 0 Å². The van der Waals surface area contributed by atoms with Crippen LogP contribution in [-0.4, -0.2) is 44.2 Å². The number of rotatable bonds is 7. The minimum atomic E-state index is -0.257. The number of methoxy groups -OCH3 is 1. The second-order valence-corrected chi connectivity index (χ2v) is 5.80. The number of benzene rings is 1. The molecule has 0 aliphatic carbocycles. The molecule has 0 aromatic heterocycles. The van der Waals surface area contributed by atoms with Crippen LogP contribution in [0.5, 0.6) is 5.75 Å². The molecule has 114 valence electrons. The van der Waals surface area contributed by atoms with Gasteiger partial charge < -0.3 is 15.0 Å². The fourth-order valence-corrected chi connectivity index (χ4v) is 2.22. The molecule has 0 bridgehead atoms. The maximum absolute atomic E-state index is 14.3. The lowest BCUT2D eigenvalue weighted by Crippen LogP contribution is -2.56. The van der Waals surface area contributed by atoms with Crippen LogP contribution in [0.15, 0.2) is 18.2 Å². The van der Waals surface area contributed by atoms with Crippen molar-refractivity contribution in [2.75, 3.05) is 27.7 Å². The van der Waals surface area contributed by atoms with Crippen molar-refractivity contribution in [3.63, 3.8) is 0 Å². The molecule has 1 rings (SSSR count). The van der Waals surface area contributed by atoms with Crippen LogP contribution in [0.3, 0.4) is 0 Å². The van der Waals surface area contributed by atoms with Gasteiger partial charge in [-0.15, -0.1) is 0 Å². The molecule has 1 aromatic carbocycles. The third-order valence-corrected chi connectivity index (χ3v) is 4.14. The van der Waals surface area contributed by atoms with E-state index in [0.717, 1.165) is 6.54 Å². The van der Waals surface area contributed by atoms with Gasteiger partial charge in [0.25, 0.3) is 0 Å². The standard InChI is InChI=1S/C16H27FN2O/c1-7-18-14(16(2,3)19(4)5)11-12-9-8-10-13(20-6)15(12)17/h8-10,14,18H,7,11H2,1-6H3. The molecule has 1 aromatic rings. The number of likely N-dealkylation sites (N-methyl/N-ethyl adjacent to an activating group) is 2. The van der Waals surface area contributed by atoms with E-state index in [4.69, 9.17) is 4.74 Å². The fraction of sp³-hybridized carbons (Fsp3) is 0.625. The van der Waals surface area contributed by atoms with Crippen LogP contribution < -0.4 is 10.1 Å². The highest BCUT2D eigenvalue weighted by Gasteiger charge is 2.31. The number of ether oxygens (including phenoxy) is 1. The molecule has 1 atom stereocenters. The SMILES string of the molecule is CCNC(Cc1cccc(OC)c1F)C(C)(C)N(C)C. The van der Waals surface area contributed by atoms with Gasteiger partial charge in [-0.2, -0.15) is 0 Å². The van der Waals surface area contributed by atoms with Crippen LogP contribution >= 0.6 is 0 Å². The lowest BCUT2D eigenvalue weighted by Gasteiger charge is -2.41. The summed E-state index contributed by atoms with van der Waals surface area (Å²) in [5.74, 6) is 0.0490. The molecule has 0 spiro atoms. The third kappa shape index (κ3) is 3.70. The van der Waals surface area contributed by atoms with E-state index in [1.165, 1.54) is 7.11 Å². The summed E-state index contributed by atoms with van der Waals surface area (Å²) in [6.07, 6.45) is 0.627. The number of nitrogens with zero attached hydrogens (tertiary/aromatic N) is 1. The molecule has 1 N–H and O–H groups in total. The Labute approximate surface area is 122 Å². The van der Waals surface area contributed by atoms with Gasteiger partial charge in [0.1, 0.15) is 0 Å². The zero-order valence-electron chi connectivity index (χ0n) is 13.5. The number of nitrogens with one attached hydrogen (secondary N) is 1. The molecule has 1 unspecified atom stereocenters. The first kappa shape index (κ1) is 16.9. The first-order valence-electron chi connectivity index (χ1n) is 7.06. The first-order valence-corrected chi connectivity index (χ1v) is 7.06. The summed E-state index contributed by atoms with van der Waals surface area (Å²) in [5, 5.41) is 3.47. The summed E-state index contributed by atoms with van der Waals surface area (Å²) >= 11 is 0. The van der Waals surface area contributed by atoms with Gasteiger partial charge in [0.2, 0.25) is 0 Å². The van der Waals surface area contributed by atoms with Crippen molar-refractivity contribution in [3.05, 3.63) is 29.6 Å². The molecule has 3 nitrogen and oxygen atoms in total. The van der Waals surface area contributed by atoms with Gasteiger partial charge in [-0.05, 0) is 52.5 Å². The molecule has 0 aliphatic rings. The van der Waals surface area contributed by atoms with Gasteiger partial charge in [0.05, 0.1) is 7.11 Å². The van der Waals surface area contributed by atoms with Crippen molar-refractivity contribution >= 4 is 0 Å². The van der Waals surface area contributed by atoms with Crippen molar-refractivity contribution in [3.8, 4) is 5.75 Å². The van der Waals surface area contributed by atoms with Crippen molar-refractivity contribution in [2.45, 2.75) is 38.8 Å². The molecule has 0 saturated heterocycles. The van der Waals surface area contributed by atoms with E-state index in [2.05, 4.69) is 31.0 Å². The molecule has 0 saturated carbocycles. The topological polar surface area (TPSA) is 24.5 Å². The smallest absolute Gasteiger partial charge is 0.168 e. The predicted molar refractivity (Wildman–Crippen MR) is 81.9 cm³/mol. The summed E-state index contributed by atoms with van der Waals surface area (Å²) in [4.78, 5) is 2.17. The van der Waals surface area contributed by atoms with Crippen molar-refractivity contribution in [1.82, 2.24) is 10.2 Å². The van der Waals surface area contributed by atoms with E-state index in [9.17, 15) is 4.39 Å². The second kappa shape index (κ2) is 7.04. The Hall–Kier alpha value is -1.13. The number of hydrogen-bond donors (Lipinski definition) is 1. The van der Waals surface area contributed by atoms with Crippen LogP contribution in [0.4, 0.5) is 4.39 Å². The Balaban J connectivity index is 3.02. The highest BCUT2D eigenvalue weighted by molar-refractivity contribution is 5.32. The van der Waals surface area contributed by atoms with Gasteiger partial charge in [-0.1, -0.05) is 19.1 Å². The molecule has 0 amide bonds. The first-order chi connectivity index (χ1) is 9.34. The third-order valence-electron chi connectivity index (χ3n) is 4.14. The van der Waals surface area contributed by atoms with E-state index in [1.54, 1.807) is 6.07 Å². The summed E-state index contributed by atoms with van der Waals surface area (Å²) in [7, 11) is 5.59. The lowest BCUT2D eigenvalue weighted by atomic mass is 9.88. The largest absolute Gasteiger partial charge is 0.494 e. The maximum Gasteiger partial charge on any atom is 0.168 e. The monoisotopic (exact) mass is 282 g/mol. The number of halogens is 1. The van der Waals surface area contributed by atoms with E-state index in [0.29, 0.717) is 17.7 Å². The van der Waals surface area contributed by atoms with Crippen molar-refractivity contribution < 1.29 is 9.13 Å². The fourth-order valence-electron chi connectivity index (χ4n) is 2.22. The van der Waals surface area contributed by atoms with Gasteiger partial charge in [-0.3, -0.25) is 0 Å². The molecule has 0 heterocycles. The Morgan fingerprint density at radius 2 is 2.00 bits per heavy atom. The van der Waals surface area contributed by atoms with E-state index >= 15 is 0 Å². The minimum absolute atomic E-state index is 0.0779. The molecule has 0 radical (unpaired) electrons. The van der Waals surface area contributed by atoms with E-state index in [1.807, 2.05) is 26.2 Å². The lowest BCUT2D eigenvalue weighted by molar-refractivity contribution is 0.137. The minimum Gasteiger partial charge on any atom is -0.494 e. The second-order valence-electron chi connectivity index (χ2n) is 5.80. The van der Waals surface area contributed by atoms with Crippen LogP contribution in [0.2, 0.25) is 0 Å². The zero-order chi connectivity index (χ0) is 15.3. The van der Waals surface area contributed by atoms with Crippen LogP contribution in [-0.2, 0) is 6.42 Å². The van der Waals surface area contributed by atoms with Crippen LogP contribution in [0, 0.1) is 5.82 Å². The molecule has 0 fully saturated rings.